The Morgan fingerprint density at radius 3 is 2.23 bits per heavy atom. The van der Waals surface area contributed by atoms with Crippen LogP contribution in [-0.2, 0) is 17.1 Å². The van der Waals surface area contributed by atoms with Crippen molar-refractivity contribution in [2.75, 3.05) is 6.61 Å². The Labute approximate surface area is 127 Å². The molecule has 0 aliphatic carbocycles. The Morgan fingerprint density at radius 1 is 1.09 bits per heavy atom. The predicted molar refractivity (Wildman–Crippen MR) is 65.5 cm³/mol. The number of cyclic esters (lactones) is 1. The van der Waals surface area contributed by atoms with Gasteiger partial charge in [0.15, 0.2) is 0 Å². The van der Waals surface area contributed by atoms with Gasteiger partial charge in [-0.05, 0) is 23.8 Å². The minimum atomic E-state index is -4.82. The molecule has 22 heavy (non-hydrogen) atoms. The zero-order chi connectivity index (χ0) is 15.8. The van der Waals surface area contributed by atoms with Crippen LogP contribution in [0.3, 0.4) is 0 Å². The van der Waals surface area contributed by atoms with Crippen molar-refractivity contribution < 1.29 is 35.9 Å². The minimum Gasteiger partial charge on any atom is -0.449 e. The van der Waals surface area contributed by atoms with E-state index in [1.54, 1.807) is 0 Å². The predicted octanol–water partition coefficient (Wildman–Crippen LogP) is 4.32. The van der Waals surface area contributed by atoms with Gasteiger partial charge < -0.3 is 10.1 Å². The molecule has 124 valence electrons. The molecule has 1 amide bonds. The van der Waals surface area contributed by atoms with Crippen molar-refractivity contribution in [3.63, 3.8) is 0 Å². The number of ether oxygens (including phenoxy) is 1. The van der Waals surface area contributed by atoms with Crippen LogP contribution >= 0.6 is 12.4 Å². The molecule has 1 atom stereocenters. The number of hydrogen-bond acceptors (Lipinski definition) is 2. The molecular weight excluding hydrogens is 340 g/mol. The molecule has 0 aromatic heterocycles. The number of benzene rings is 1. The first-order valence-corrected chi connectivity index (χ1v) is 5.80. The van der Waals surface area contributed by atoms with Gasteiger partial charge in [0.05, 0.1) is 23.8 Å². The second-order valence-electron chi connectivity index (χ2n) is 4.42. The number of carbonyl (C=O) groups is 1. The number of alkyl carbamates (subject to hydrolysis) is 1. The van der Waals surface area contributed by atoms with Crippen molar-refractivity contribution in [1.29, 1.82) is 0 Å². The summed E-state index contributed by atoms with van der Waals surface area (Å²) in [6, 6.07) is -0.0167. The van der Waals surface area contributed by atoms with Crippen molar-refractivity contribution in [2.45, 2.75) is 24.8 Å². The van der Waals surface area contributed by atoms with Crippen molar-refractivity contribution in [3.05, 3.63) is 34.9 Å². The zero-order valence-corrected chi connectivity index (χ0v) is 11.5. The number of halogens is 7. The molecule has 0 spiro atoms. The van der Waals surface area contributed by atoms with Crippen LogP contribution in [0.4, 0.5) is 31.1 Å². The average Bonchev–Trinajstić information content (AvgIpc) is 2.36. The molecule has 10 heteroatoms. The Kier molecular flexibility index (Phi) is 5.21. The number of hydrogen-bond donors (Lipinski definition) is 1. The summed E-state index contributed by atoms with van der Waals surface area (Å²) < 4.78 is 81.1. The molecule has 2 rings (SSSR count). The van der Waals surface area contributed by atoms with Crippen LogP contribution in [0.5, 0.6) is 0 Å². The molecule has 0 bridgehead atoms. The standard InChI is InChI=1S/C12H9F6NO2.ClH/c13-11(14,15)6-1-2-8(12(16,17)18)7(5-6)9-3-4-21-10(20)19-9;/h1-2,5,9H,3-4H2,(H,19,20);1H/t9-;/m0./s1. The number of amides is 1. The molecule has 0 saturated carbocycles. The van der Waals surface area contributed by atoms with Crippen LogP contribution in [0, 0.1) is 0 Å². The molecule has 1 saturated heterocycles. The molecule has 1 aliphatic heterocycles. The molecule has 3 nitrogen and oxygen atoms in total. The maximum absolute atomic E-state index is 12.9. The largest absolute Gasteiger partial charge is 0.449 e. The smallest absolute Gasteiger partial charge is 0.416 e. The molecule has 0 unspecified atom stereocenters. The van der Waals surface area contributed by atoms with E-state index in [9.17, 15) is 31.1 Å². The highest BCUT2D eigenvalue weighted by atomic mass is 35.5. The van der Waals surface area contributed by atoms with Gasteiger partial charge in [-0.2, -0.15) is 26.3 Å². The lowest BCUT2D eigenvalue weighted by Crippen LogP contribution is -2.36. The van der Waals surface area contributed by atoms with Gasteiger partial charge in [0.2, 0.25) is 0 Å². The first-order chi connectivity index (χ1) is 9.59. The van der Waals surface area contributed by atoms with Gasteiger partial charge in [-0.15, -0.1) is 12.4 Å². The van der Waals surface area contributed by atoms with Gasteiger partial charge >= 0.3 is 18.4 Å². The Morgan fingerprint density at radius 2 is 1.73 bits per heavy atom. The third-order valence-electron chi connectivity index (χ3n) is 2.99. The highest BCUT2D eigenvalue weighted by molar-refractivity contribution is 5.85. The van der Waals surface area contributed by atoms with Crippen LogP contribution in [-0.4, -0.2) is 12.7 Å². The minimum absolute atomic E-state index is 0. The fourth-order valence-corrected chi connectivity index (χ4v) is 2.04. The zero-order valence-electron chi connectivity index (χ0n) is 10.7. The van der Waals surface area contributed by atoms with Gasteiger partial charge in [0, 0.05) is 6.42 Å². The quantitative estimate of drug-likeness (QED) is 0.767. The van der Waals surface area contributed by atoms with Gasteiger partial charge in [-0.25, -0.2) is 4.79 Å². The summed E-state index contributed by atoms with van der Waals surface area (Å²) in [7, 11) is 0. The summed E-state index contributed by atoms with van der Waals surface area (Å²) >= 11 is 0. The highest BCUT2D eigenvalue weighted by Crippen LogP contribution is 2.39. The Bertz CT molecular complexity index is 558. The summed E-state index contributed by atoms with van der Waals surface area (Å²) in [6.07, 6.45) is -10.6. The molecule has 1 heterocycles. The summed E-state index contributed by atoms with van der Waals surface area (Å²) in [5, 5.41) is 2.10. The van der Waals surface area contributed by atoms with Crippen LogP contribution < -0.4 is 5.32 Å². The number of rotatable bonds is 1. The van der Waals surface area contributed by atoms with Crippen molar-refractivity contribution in [2.24, 2.45) is 0 Å². The molecule has 1 N–H and O–H groups in total. The SMILES string of the molecule is Cl.O=C1N[C@H](c2cc(C(F)(F)F)ccc2C(F)(F)F)CCO1. The first-order valence-electron chi connectivity index (χ1n) is 5.80. The van der Waals surface area contributed by atoms with Gasteiger partial charge in [-0.1, -0.05) is 0 Å². The Balaban J connectivity index is 0.00000242. The second kappa shape index (κ2) is 6.23. The maximum Gasteiger partial charge on any atom is 0.416 e. The second-order valence-corrected chi connectivity index (χ2v) is 4.42. The van der Waals surface area contributed by atoms with E-state index in [-0.39, 0.29) is 25.4 Å². The van der Waals surface area contributed by atoms with E-state index in [0.29, 0.717) is 18.2 Å². The van der Waals surface area contributed by atoms with E-state index >= 15 is 0 Å². The molecule has 1 aromatic rings. The number of nitrogens with one attached hydrogen (secondary N) is 1. The Hall–Kier alpha value is -1.64. The van der Waals surface area contributed by atoms with E-state index in [2.05, 4.69) is 10.1 Å². The molecule has 1 aromatic carbocycles. The van der Waals surface area contributed by atoms with E-state index in [4.69, 9.17) is 0 Å². The third-order valence-corrected chi connectivity index (χ3v) is 2.99. The van der Waals surface area contributed by atoms with Crippen molar-refractivity contribution in [3.8, 4) is 0 Å². The third kappa shape index (κ3) is 3.96. The molecule has 1 fully saturated rings. The van der Waals surface area contributed by atoms with E-state index < -0.39 is 41.2 Å². The van der Waals surface area contributed by atoms with Crippen LogP contribution in [0.15, 0.2) is 18.2 Å². The monoisotopic (exact) mass is 349 g/mol. The van der Waals surface area contributed by atoms with Crippen molar-refractivity contribution >= 4 is 18.5 Å². The van der Waals surface area contributed by atoms with E-state index in [0.717, 1.165) is 0 Å². The highest BCUT2D eigenvalue weighted by Gasteiger charge is 2.39. The van der Waals surface area contributed by atoms with Crippen molar-refractivity contribution in [1.82, 2.24) is 5.32 Å². The lowest BCUT2D eigenvalue weighted by Gasteiger charge is -2.27. The normalized spacial score (nSPS) is 19.0. The number of carbonyl (C=O) groups excluding carboxylic acids is 1. The average molecular weight is 350 g/mol. The van der Waals surface area contributed by atoms with Crippen LogP contribution in [0.2, 0.25) is 0 Å². The van der Waals surface area contributed by atoms with E-state index in [1.165, 1.54) is 0 Å². The van der Waals surface area contributed by atoms with Crippen LogP contribution in [0.25, 0.3) is 0 Å². The fourth-order valence-electron chi connectivity index (χ4n) is 2.04. The summed E-state index contributed by atoms with van der Waals surface area (Å²) in [5.41, 5.74) is -3.03. The fraction of sp³-hybridized carbons (Fsp3) is 0.417. The summed E-state index contributed by atoms with van der Waals surface area (Å²) in [4.78, 5) is 11.1. The van der Waals surface area contributed by atoms with Crippen LogP contribution in [0.1, 0.15) is 29.2 Å². The lowest BCUT2D eigenvalue weighted by atomic mass is 9.95. The van der Waals surface area contributed by atoms with E-state index in [1.807, 2.05) is 0 Å². The summed E-state index contributed by atoms with van der Waals surface area (Å²) in [5.74, 6) is 0. The molecule has 0 radical (unpaired) electrons. The van der Waals surface area contributed by atoms with Gasteiger partial charge in [0.1, 0.15) is 0 Å². The summed E-state index contributed by atoms with van der Waals surface area (Å²) in [6.45, 7) is -0.163. The lowest BCUT2D eigenvalue weighted by molar-refractivity contribution is -0.142. The molecular formula is C12H10ClF6NO2. The number of alkyl halides is 6. The first kappa shape index (κ1) is 18.4. The molecule has 1 aliphatic rings. The van der Waals surface area contributed by atoms with Gasteiger partial charge in [0.25, 0.3) is 0 Å². The van der Waals surface area contributed by atoms with Gasteiger partial charge in [-0.3, -0.25) is 0 Å². The topological polar surface area (TPSA) is 38.3 Å². The maximum atomic E-state index is 12.9.